The van der Waals surface area contributed by atoms with Crippen molar-refractivity contribution in [2.24, 2.45) is 11.7 Å². The molecule has 1 amide bonds. The van der Waals surface area contributed by atoms with E-state index in [4.69, 9.17) is 5.73 Å². The van der Waals surface area contributed by atoms with Gasteiger partial charge >= 0.3 is 0 Å². The van der Waals surface area contributed by atoms with Crippen LogP contribution in [0.4, 0.5) is 0 Å². The molecule has 0 spiro atoms. The van der Waals surface area contributed by atoms with E-state index in [2.05, 4.69) is 18.9 Å². The van der Waals surface area contributed by atoms with E-state index in [1.54, 1.807) is 0 Å². The smallest absolute Gasteiger partial charge is 0.218 e. The van der Waals surface area contributed by atoms with E-state index in [1.807, 2.05) is 0 Å². The van der Waals surface area contributed by atoms with Crippen LogP contribution in [-0.4, -0.2) is 30.4 Å². The molecule has 70 valence electrons. The Morgan fingerprint density at radius 3 is 2.75 bits per heavy atom. The van der Waals surface area contributed by atoms with Crippen LogP contribution >= 0.6 is 0 Å². The van der Waals surface area contributed by atoms with Gasteiger partial charge in [0.15, 0.2) is 0 Å². The van der Waals surface area contributed by atoms with Crippen LogP contribution in [0.1, 0.15) is 26.2 Å². The Labute approximate surface area is 73.9 Å². The van der Waals surface area contributed by atoms with Crippen molar-refractivity contribution < 1.29 is 4.79 Å². The van der Waals surface area contributed by atoms with E-state index in [-0.39, 0.29) is 5.91 Å². The summed E-state index contributed by atoms with van der Waals surface area (Å²) in [5.41, 5.74) is 5.15. The zero-order valence-electron chi connectivity index (χ0n) is 7.92. The fraction of sp³-hybridized carbons (Fsp3) is 0.889. The summed E-state index contributed by atoms with van der Waals surface area (Å²) in [6.45, 7) is 3.34. The summed E-state index contributed by atoms with van der Waals surface area (Å²) >= 11 is 0. The molecule has 1 heterocycles. The zero-order chi connectivity index (χ0) is 9.14. The third-order valence-corrected chi connectivity index (χ3v) is 2.65. The lowest BCUT2D eigenvalue weighted by Gasteiger charge is -2.35. The quantitative estimate of drug-likeness (QED) is 0.659. The van der Waals surface area contributed by atoms with Crippen LogP contribution in [0.25, 0.3) is 0 Å². The molecule has 0 saturated carbocycles. The lowest BCUT2D eigenvalue weighted by atomic mass is 9.93. The minimum Gasteiger partial charge on any atom is -0.370 e. The van der Waals surface area contributed by atoms with E-state index >= 15 is 0 Å². The van der Waals surface area contributed by atoms with Gasteiger partial charge in [-0.25, -0.2) is 0 Å². The molecule has 1 saturated heterocycles. The molecule has 0 bridgehead atoms. The summed E-state index contributed by atoms with van der Waals surface area (Å²) in [7, 11) is 2.07. The molecule has 0 aromatic rings. The second kappa shape index (κ2) is 3.90. The Bertz CT molecular complexity index is 170. The molecule has 1 fully saturated rings. The summed E-state index contributed by atoms with van der Waals surface area (Å²) in [4.78, 5) is 12.9. The van der Waals surface area contributed by atoms with Crippen LogP contribution in [0.3, 0.4) is 0 Å². The molecule has 1 aliphatic rings. The number of rotatable bonds is 2. The number of amides is 1. The molecule has 0 aliphatic carbocycles. The van der Waals surface area contributed by atoms with Gasteiger partial charge in [0.1, 0.15) is 0 Å². The number of piperidine rings is 1. The highest BCUT2D eigenvalue weighted by atomic mass is 16.1. The van der Waals surface area contributed by atoms with Crippen molar-refractivity contribution in [3.8, 4) is 0 Å². The van der Waals surface area contributed by atoms with Crippen molar-refractivity contribution in [2.75, 3.05) is 13.6 Å². The van der Waals surface area contributed by atoms with Gasteiger partial charge in [-0.15, -0.1) is 0 Å². The summed E-state index contributed by atoms with van der Waals surface area (Å²) in [6, 6.07) is 0.388. The Balaban J connectivity index is 2.39. The van der Waals surface area contributed by atoms with Crippen LogP contribution in [-0.2, 0) is 4.79 Å². The molecule has 3 heteroatoms. The first-order valence-corrected chi connectivity index (χ1v) is 4.58. The van der Waals surface area contributed by atoms with Gasteiger partial charge in [-0.2, -0.15) is 0 Å². The minimum absolute atomic E-state index is 0.179. The highest BCUT2D eigenvalue weighted by Crippen LogP contribution is 2.21. The van der Waals surface area contributed by atoms with Gasteiger partial charge in [0.2, 0.25) is 5.91 Å². The summed E-state index contributed by atoms with van der Waals surface area (Å²) in [5, 5.41) is 0. The molecule has 12 heavy (non-hydrogen) atoms. The highest BCUT2D eigenvalue weighted by molar-refractivity contribution is 5.74. The Kier molecular flexibility index (Phi) is 3.09. The van der Waals surface area contributed by atoms with Crippen molar-refractivity contribution in [1.82, 2.24) is 4.90 Å². The number of likely N-dealkylation sites (tertiary alicyclic amines) is 1. The molecule has 0 aromatic carbocycles. The molecule has 2 atom stereocenters. The molecule has 3 nitrogen and oxygen atoms in total. The maximum atomic E-state index is 10.7. The van der Waals surface area contributed by atoms with Crippen molar-refractivity contribution in [2.45, 2.75) is 32.2 Å². The number of hydrogen-bond donors (Lipinski definition) is 1. The van der Waals surface area contributed by atoms with E-state index in [1.165, 1.54) is 6.42 Å². The minimum atomic E-state index is -0.179. The van der Waals surface area contributed by atoms with Crippen LogP contribution < -0.4 is 5.73 Å². The maximum Gasteiger partial charge on any atom is 0.218 e. The fourth-order valence-corrected chi connectivity index (χ4v) is 1.92. The lowest BCUT2D eigenvalue weighted by molar-refractivity contribution is -0.119. The number of carbonyl (C=O) groups excluding carboxylic acids is 1. The SMILES string of the molecule is C[C@H]1CC[C@@H](CC(N)=O)N(C)C1. The largest absolute Gasteiger partial charge is 0.370 e. The monoisotopic (exact) mass is 170 g/mol. The van der Waals surface area contributed by atoms with Gasteiger partial charge in [-0.1, -0.05) is 6.92 Å². The molecule has 0 aromatic heterocycles. The van der Waals surface area contributed by atoms with E-state index in [0.29, 0.717) is 12.5 Å². The normalized spacial score (nSPS) is 31.8. The maximum absolute atomic E-state index is 10.7. The molecule has 0 radical (unpaired) electrons. The van der Waals surface area contributed by atoms with Gasteiger partial charge < -0.3 is 10.6 Å². The lowest BCUT2D eigenvalue weighted by Crippen LogP contribution is -2.41. The number of primary amides is 1. The van der Waals surface area contributed by atoms with Gasteiger partial charge in [-0.3, -0.25) is 4.79 Å². The predicted molar refractivity (Wildman–Crippen MR) is 48.6 cm³/mol. The molecular formula is C9H18N2O. The Morgan fingerprint density at radius 1 is 1.58 bits per heavy atom. The van der Waals surface area contributed by atoms with Crippen molar-refractivity contribution in [3.05, 3.63) is 0 Å². The third kappa shape index (κ3) is 2.48. The van der Waals surface area contributed by atoms with Crippen molar-refractivity contribution in [1.29, 1.82) is 0 Å². The number of nitrogens with zero attached hydrogens (tertiary/aromatic N) is 1. The number of carbonyl (C=O) groups is 1. The Morgan fingerprint density at radius 2 is 2.25 bits per heavy atom. The predicted octanol–water partition coefficient (Wildman–Crippen LogP) is 0.592. The average molecular weight is 170 g/mol. The van der Waals surface area contributed by atoms with Gasteiger partial charge in [0, 0.05) is 19.0 Å². The van der Waals surface area contributed by atoms with E-state index in [9.17, 15) is 4.79 Å². The second-order valence-corrected chi connectivity index (χ2v) is 3.95. The molecule has 0 unspecified atom stereocenters. The summed E-state index contributed by atoms with van der Waals surface area (Å²) < 4.78 is 0. The van der Waals surface area contributed by atoms with Gasteiger partial charge in [-0.05, 0) is 25.8 Å². The zero-order valence-corrected chi connectivity index (χ0v) is 7.92. The Hall–Kier alpha value is -0.570. The van der Waals surface area contributed by atoms with Crippen molar-refractivity contribution in [3.63, 3.8) is 0 Å². The molecule has 2 N–H and O–H groups in total. The first kappa shape index (κ1) is 9.52. The molecular weight excluding hydrogens is 152 g/mol. The molecule has 1 aliphatic heterocycles. The van der Waals surface area contributed by atoms with Crippen LogP contribution in [0.15, 0.2) is 0 Å². The number of hydrogen-bond acceptors (Lipinski definition) is 2. The van der Waals surface area contributed by atoms with Gasteiger partial charge in [0.25, 0.3) is 0 Å². The van der Waals surface area contributed by atoms with E-state index in [0.717, 1.165) is 18.9 Å². The number of nitrogens with two attached hydrogens (primary N) is 1. The van der Waals surface area contributed by atoms with Crippen LogP contribution in [0, 0.1) is 5.92 Å². The highest BCUT2D eigenvalue weighted by Gasteiger charge is 2.23. The standard InChI is InChI=1S/C9H18N2O/c1-7-3-4-8(5-9(10)12)11(2)6-7/h7-8H,3-6H2,1-2H3,(H2,10,12)/t7-,8-/m0/s1. The fourth-order valence-electron chi connectivity index (χ4n) is 1.92. The summed E-state index contributed by atoms with van der Waals surface area (Å²) in [6.07, 6.45) is 2.85. The van der Waals surface area contributed by atoms with Crippen molar-refractivity contribution >= 4 is 5.91 Å². The van der Waals surface area contributed by atoms with Crippen LogP contribution in [0.2, 0.25) is 0 Å². The third-order valence-electron chi connectivity index (χ3n) is 2.65. The second-order valence-electron chi connectivity index (χ2n) is 3.95. The average Bonchev–Trinajstić information content (AvgIpc) is 1.94. The summed E-state index contributed by atoms with van der Waals surface area (Å²) in [5.74, 6) is 0.584. The van der Waals surface area contributed by atoms with Crippen LogP contribution in [0.5, 0.6) is 0 Å². The topological polar surface area (TPSA) is 46.3 Å². The van der Waals surface area contributed by atoms with Gasteiger partial charge in [0.05, 0.1) is 0 Å². The first-order valence-electron chi connectivity index (χ1n) is 4.58. The molecule has 1 rings (SSSR count). The first-order chi connectivity index (χ1) is 5.59. The van der Waals surface area contributed by atoms with E-state index < -0.39 is 0 Å².